The molecule has 0 bridgehead atoms. The highest BCUT2D eigenvalue weighted by Crippen LogP contribution is 2.21. The Morgan fingerprint density at radius 3 is 2.41 bits per heavy atom. The van der Waals surface area contributed by atoms with Gasteiger partial charge in [0.15, 0.2) is 0 Å². The van der Waals surface area contributed by atoms with Crippen LogP contribution < -0.4 is 4.74 Å². The summed E-state index contributed by atoms with van der Waals surface area (Å²) in [6, 6.07) is 8.23. The Labute approximate surface area is 106 Å². The standard InChI is InChI=1S/C16H24O/c1-5-8-15(9-6-2)17-16-11-7-10-14(12-16)13(3)4/h7,10-12,15H,3,5-6,8-9H2,1-2,4H3. The van der Waals surface area contributed by atoms with Gasteiger partial charge in [0.1, 0.15) is 5.75 Å². The number of ether oxygens (including phenoxy) is 1. The normalized spacial score (nSPS) is 10.6. The van der Waals surface area contributed by atoms with Crippen molar-refractivity contribution in [3.63, 3.8) is 0 Å². The molecule has 0 amide bonds. The lowest BCUT2D eigenvalue weighted by atomic mass is 10.1. The van der Waals surface area contributed by atoms with Crippen LogP contribution in [0.15, 0.2) is 30.8 Å². The Bertz CT molecular complexity index is 348. The van der Waals surface area contributed by atoms with Crippen molar-refractivity contribution in [2.45, 2.75) is 52.6 Å². The number of allylic oxidation sites excluding steroid dienone is 1. The van der Waals surface area contributed by atoms with Gasteiger partial charge in [0.05, 0.1) is 6.10 Å². The predicted octanol–water partition coefficient (Wildman–Crippen LogP) is 5.07. The van der Waals surface area contributed by atoms with E-state index in [4.69, 9.17) is 4.74 Å². The third kappa shape index (κ3) is 4.64. The quantitative estimate of drug-likeness (QED) is 0.638. The molecule has 17 heavy (non-hydrogen) atoms. The van der Waals surface area contributed by atoms with Gasteiger partial charge in [-0.1, -0.05) is 51.0 Å². The lowest BCUT2D eigenvalue weighted by Crippen LogP contribution is -2.15. The minimum Gasteiger partial charge on any atom is -0.490 e. The van der Waals surface area contributed by atoms with Gasteiger partial charge in [-0.2, -0.15) is 0 Å². The van der Waals surface area contributed by atoms with E-state index in [9.17, 15) is 0 Å². The van der Waals surface area contributed by atoms with Crippen LogP contribution in [0, 0.1) is 0 Å². The summed E-state index contributed by atoms with van der Waals surface area (Å²) < 4.78 is 6.04. The molecule has 0 fully saturated rings. The zero-order chi connectivity index (χ0) is 12.7. The minimum atomic E-state index is 0.352. The van der Waals surface area contributed by atoms with E-state index in [2.05, 4.69) is 32.6 Å². The average molecular weight is 232 g/mol. The molecule has 0 unspecified atom stereocenters. The number of hydrogen-bond donors (Lipinski definition) is 0. The van der Waals surface area contributed by atoms with Gasteiger partial charge in [0.2, 0.25) is 0 Å². The largest absolute Gasteiger partial charge is 0.490 e. The molecule has 0 aromatic heterocycles. The van der Waals surface area contributed by atoms with Crippen LogP contribution in [0.25, 0.3) is 5.57 Å². The van der Waals surface area contributed by atoms with Crippen molar-refractivity contribution >= 4 is 5.57 Å². The molecule has 0 aliphatic carbocycles. The first-order valence-corrected chi connectivity index (χ1v) is 6.60. The molecule has 0 atom stereocenters. The smallest absolute Gasteiger partial charge is 0.120 e. The molecule has 1 rings (SSSR count). The molecule has 0 aliphatic heterocycles. The fourth-order valence-electron chi connectivity index (χ4n) is 1.93. The van der Waals surface area contributed by atoms with Crippen molar-refractivity contribution in [1.82, 2.24) is 0 Å². The van der Waals surface area contributed by atoms with E-state index in [1.165, 1.54) is 12.8 Å². The van der Waals surface area contributed by atoms with Gasteiger partial charge in [-0.25, -0.2) is 0 Å². The maximum atomic E-state index is 6.04. The molecule has 0 spiro atoms. The van der Waals surface area contributed by atoms with Crippen molar-refractivity contribution in [2.75, 3.05) is 0 Å². The van der Waals surface area contributed by atoms with E-state index >= 15 is 0 Å². The van der Waals surface area contributed by atoms with Crippen LogP contribution in [-0.4, -0.2) is 6.10 Å². The van der Waals surface area contributed by atoms with Crippen molar-refractivity contribution in [1.29, 1.82) is 0 Å². The highest BCUT2D eigenvalue weighted by molar-refractivity contribution is 5.62. The molecule has 94 valence electrons. The first-order chi connectivity index (χ1) is 8.17. The van der Waals surface area contributed by atoms with E-state index < -0.39 is 0 Å². The highest BCUT2D eigenvalue weighted by Gasteiger charge is 2.08. The van der Waals surface area contributed by atoms with Crippen LogP contribution in [-0.2, 0) is 0 Å². The van der Waals surface area contributed by atoms with Gasteiger partial charge in [-0.3, -0.25) is 0 Å². The van der Waals surface area contributed by atoms with Gasteiger partial charge < -0.3 is 4.74 Å². The third-order valence-corrected chi connectivity index (χ3v) is 2.85. The van der Waals surface area contributed by atoms with Crippen LogP contribution in [0.3, 0.4) is 0 Å². The Morgan fingerprint density at radius 1 is 1.24 bits per heavy atom. The van der Waals surface area contributed by atoms with E-state index in [1.807, 2.05) is 19.1 Å². The van der Waals surface area contributed by atoms with Crippen LogP contribution in [0.1, 0.15) is 52.0 Å². The summed E-state index contributed by atoms with van der Waals surface area (Å²) in [6.45, 7) is 10.4. The Morgan fingerprint density at radius 2 is 1.88 bits per heavy atom. The summed E-state index contributed by atoms with van der Waals surface area (Å²) in [6.07, 6.45) is 4.96. The fraction of sp³-hybridized carbons (Fsp3) is 0.500. The summed E-state index contributed by atoms with van der Waals surface area (Å²) >= 11 is 0. The lowest BCUT2D eigenvalue weighted by Gasteiger charge is -2.18. The molecule has 1 aromatic rings. The van der Waals surface area contributed by atoms with E-state index in [1.54, 1.807) is 0 Å². The molecule has 1 aromatic carbocycles. The summed E-state index contributed by atoms with van der Waals surface area (Å²) in [4.78, 5) is 0. The van der Waals surface area contributed by atoms with Crippen LogP contribution >= 0.6 is 0 Å². The number of hydrogen-bond acceptors (Lipinski definition) is 1. The summed E-state index contributed by atoms with van der Waals surface area (Å²) in [7, 11) is 0. The molecule has 1 nitrogen and oxygen atoms in total. The second-order valence-corrected chi connectivity index (χ2v) is 4.63. The van der Waals surface area contributed by atoms with Gasteiger partial charge in [-0.05, 0) is 37.5 Å². The average Bonchev–Trinajstić information content (AvgIpc) is 2.30. The second kappa shape index (κ2) is 7.16. The highest BCUT2D eigenvalue weighted by atomic mass is 16.5. The molecule has 0 radical (unpaired) electrons. The van der Waals surface area contributed by atoms with E-state index in [-0.39, 0.29) is 0 Å². The van der Waals surface area contributed by atoms with Gasteiger partial charge in [-0.15, -0.1) is 0 Å². The van der Waals surface area contributed by atoms with Crippen molar-refractivity contribution < 1.29 is 4.74 Å². The van der Waals surface area contributed by atoms with Crippen LogP contribution in [0.2, 0.25) is 0 Å². The monoisotopic (exact) mass is 232 g/mol. The lowest BCUT2D eigenvalue weighted by molar-refractivity contribution is 0.179. The predicted molar refractivity (Wildman–Crippen MR) is 75.4 cm³/mol. The summed E-state index contributed by atoms with van der Waals surface area (Å²) in [5, 5.41) is 0. The topological polar surface area (TPSA) is 9.23 Å². The maximum absolute atomic E-state index is 6.04. The minimum absolute atomic E-state index is 0.352. The van der Waals surface area contributed by atoms with Gasteiger partial charge >= 0.3 is 0 Å². The Kier molecular flexibility index (Phi) is 5.82. The first kappa shape index (κ1) is 13.8. The van der Waals surface area contributed by atoms with Gasteiger partial charge in [0.25, 0.3) is 0 Å². The summed E-state index contributed by atoms with van der Waals surface area (Å²) in [5.41, 5.74) is 2.24. The first-order valence-electron chi connectivity index (χ1n) is 6.60. The zero-order valence-electron chi connectivity index (χ0n) is 11.3. The molecule has 0 aliphatic rings. The Hall–Kier alpha value is -1.24. The number of rotatable bonds is 7. The van der Waals surface area contributed by atoms with Crippen molar-refractivity contribution in [3.05, 3.63) is 36.4 Å². The van der Waals surface area contributed by atoms with E-state index in [0.717, 1.165) is 29.7 Å². The van der Waals surface area contributed by atoms with Crippen LogP contribution in [0.5, 0.6) is 5.75 Å². The SMILES string of the molecule is C=C(C)c1cccc(OC(CCC)CCC)c1. The number of benzene rings is 1. The van der Waals surface area contributed by atoms with Crippen molar-refractivity contribution in [3.8, 4) is 5.75 Å². The van der Waals surface area contributed by atoms with Gasteiger partial charge in [0, 0.05) is 0 Å². The van der Waals surface area contributed by atoms with E-state index in [0.29, 0.717) is 6.10 Å². The fourth-order valence-corrected chi connectivity index (χ4v) is 1.93. The molecular weight excluding hydrogens is 208 g/mol. The molecule has 0 saturated heterocycles. The zero-order valence-corrected chi connectivity index (χ0v) is 11.3. The third-order valence-electron chi connectivity index (χ3n) is 2.85. The molecule has 0 saturated carbocycles. The summed E-state index contributed by atoms with van der Waals surface area (Å²) in [5.74, 6) is 0.970. The molecule has 1 heteroatoms. The Balaban J connectivity index is 2.71. The molecule has 0 N–H and O–H groups in total. The maximum Gasteiger partial charge on any atom is 0.120 e. The van der Waals surface area contributed by atoms with Crippen molar-refractivity contribution in [2.24, 2.45) is 0 Å². The molecular formula is C16H24O. The van der Waals surface area contributed by atoms with Crippen LogP contribution in [0.4, 0.5) is 0 Å². The second-order valence-electron chi connectivity index (χ2n) is 4.63. The molecule has 0 heterocycles.